The summed E-state index contributed by atoms with van der Waals surface area (Å²) in [7, 11) is 0. The van der Waals surface area contributed by atoms with Crippen molar-refractivity contribution in [2.24, 2.45) is 5.41 Å². The van der Waals surface area contributed by atoms with E-state index in [1.165, 1.54) is 10.5 Å². The summed E-state index contributed by atoms with van der Waals surface area (Å²) in [5.74, 6) is 2.35. The number of amides is 1. The van der Waals surface area contributed by atoms with E-state index in [0.29, 0.717) is 38.5 Å². The quantitative estimate of drug-likeness (QED) is 0.613. The molecular formula is C23H30N6O2S. The molecule has 9 heteroatoms. The summed E-state index contributed by atoms with van der Waals surface area (Å²) in [5.41, 5.74) is 0.810. The fourth-order valence-corrected chi connectivity index (χ4v) is 5.07. The van der Waals surface area contributed by atoms with Gasteiger partial charge in [0.25, 0.3) is 0 Å². The minimum absolute atomic E-state index is 0.111. The van der Waals surface area contributed by atoms with E-state index in [0.717, 1.165) is 31.0 Å². The van der Waals surface area contributed by atoms with Crippen LogP contribution in [0.2, 0.25) is 0 Å². The van der Waals surface area contributed by atoms with E-state index in [9.17, 15) is 10.1 Å². The predicted octanol–water partition coefficient (Wildman–Crippen LogP) is 2.91. The zero-order chi connectivity index (χ0) is 22.6. The van der Waals surface area contributed by atoms with Crippen molar-refractivity contribution in [3.05, 3.63) is 35.7 Å². The maximum Gasteiger partial charge on any atom is 0.228 e. The zero-order valence-electron chi connectivity index (χ0n) is 18.7. The van der Waals surface area contributed by atoms with Gasteiger partial charge in [0.1, 0.15) is 5.82 Å². The zero-order valence-corrected chi connectivity index (χ0v) is 19.5. The lowest BCUT2D eigenvalue weighted by molar-refractivity contribution is -0.137. The second-order valence-electron chi connectivity index (χ2n) is 8.53. The van der Waals surface area contributed by atoms with Gasteiger partial charge >= 0.3 is 0 Å². The number of morpholine rings is 1. The summed E-state index contributed by atoms with van der Waals surface area (Å²) in [6, 6.07) is 10.6. The van der Waals surface area contributed by atoms with Crippen LogP contribution in [0.25, 0.3) is 0 Å². The van der Waals surface area contributed by atoms with Crippen molar-refractivity contribution in [2.75, 3.05) is 31.1 Å². The van der Waals surface area contributed by atoms with Crippen molar-refractivity contribution in [1.29, 1.82) is 5.26 Å². The highest BCUT2D eigenvalue weighted by atomic mass is 32.2. The van der Waals surface area contributed by atoms with E-state index in [4.69, 9.17) is 4.74 Å². The summed E-state index contributed by atoms with van der Waals surface area (Å²) < 4.78 is 7.62. The molecule has 1 atom stereocenters. The predicted molar refractivity (Wildman–Crippen MR) is 123 cm³/mol. The Bertz CT molecular complexity index is 979. The molecule has 0 radical (unpaired) electrons. The maximum absolute atomic E-state index is 12.9. The third kappa shape index (κ3) is 4.76. The number of hydrogen-bond acceptors (Lipinski definition) is 7. The first kappa shape index (κ1) is 22.6. The molecule has 0 spiro atoms. The molecule has 1 aliphatic carbocycles. The Morgan fingerprint density at radius 2 is 2.12 bits per heavy atom. The van der Waals surface area contributed by atoms with Crippen molar-refractivity contribution in [3.63, 3.8) is 0 Å². The summed E-state index contributed by atoms with van der Waals surface area (Å²) in [4.78, 5) is 16.2. The highest BCUT2D eigenvalue weighted by Crippen LogP contribution is 2.44. The van der Waals surface area contributed by atoms with Gasteiger partial charge in [0.15, 0.2) is 6.10 Å². The number of carbonyl (C=O) groups excluding carboxylic acids is 1. The molecule has 1 aromatic carbocycles. The summed E-state index contributed by atoms with van der Waals surface area (Å²) in [6.07, 6.45) is 2.30. The van der Waals surface area contributed by atoms with Gasteiger partial charge in [-0.2, -0.15) is 5.26 Å². The normalized spacial score (nSPS) is 19.8. The molecule has 170 valence electrons. The van der Waals surface area contributed by atoms with Gasteiger partial charge in [0.2, 0.25) is 11.9 Å². The second kappa shape index (κ2) is 9.92. The number of carbonyl (C=O) groups is 1. The van der Waals surface area contributed by atoms with Crippen LogP contribution in [0.15, 0.2) is 29.2 Å². The van der Waals surface area contributed by atoms with Crippen LogP contribution in [0.1, 0.15) is 37.6 Å². The van der Waals surface area contributed by atoms with Gasteiger partial charge in [-0.1, -0.05) is 24.1 Å². The number of nitrogens with zero attached hydrogens (tertiary/aromatic N) is 5. The number of aromatic nitrogens is 3. The molecule has 1 N–H and O–H groups in total. The van der Waals surface area contributed by atoms with Crippen molar-refractivity contribution in [3.8, 4) is 6.07 Å². The number of rotatable bonds is 8. The minimum atomic E-state index is -0.486. The Labute approximate surface area is 193 Å². The van der Waals surface area contributed by atoms with E-state index in [2.05, 4.69) is 62.2 Å². The van der Waals surface area contributed by atoms with Crippen LogP contribution in [0.3, 0.4) is 0 Å². The third-order valence-corrected chi connectivity index (χ3v) is 7.29. The number of benzene rings is 1. The average molecular weight is 455 g/mol. The van der Waals surface area contributed by atoms with Crippen LogP contribution in [0.4, 0.5) is 5.95 Å². The van der Waals surface area contributed by atoms with Crippen LogP contribution in [0, 0.1) is 23.7 Å². The van der Waals surface area contributed by atoms with E-state index in [-0.39, 0.29) is 5.91 Å². The molecule has 2 heterocycles. The Morgan fingerprint density at radius 1 is 1.34 bits per heavy atom. The molecule has 1 aromatic heterocycles. The lowest BCUT2D eigenvalue weighted by atomic mass is 9.68. The van der Waals surface area contributed by atoms with E-state index in [1.807, 2.05) is 6.92 Å². The molecule has 1 saturated carbocycles. The highest BCUT2D eigenvalue weighted by molar-refractivity contribution is 7.98. The lowest BCUT2D eigenvalue weighted by Crippen LogP contribution is -2.49. The van der Waals surface area contributed by atoms with Crippen LogP contribution >= 0.6 is 11.8 Å². The molecule has 8 nitrogen and oxygen atoms in total. The van der Waals surface area contributed by atoms with Gasteiger partial charge in [-0.3, -0.25) is 9.36 Å². The monoisotopic (exact) mass is 454 g/mol. The van der Waals surface area contributed by atoms with Crippen molar-refractivity contribution < 1.29 is 9.53 Å². The first-order valence-electron chi connectivity index (χ1n) is 11.2. The first-order chi connectivity index (χ1) is 15.5. The molecule has 0 bridgehead atoms. The van der Waals surface area contributed by atoms with Crippen molar-refractivity contribution in [2.45, 2.75) is 56.4 Å². The van der Waals surface area contributed by atoms with Crippen LogP contribution in [-0.4, -0.2) is 53.0 Å². The fourth-order valence-electron chi connectivity index (χ4n) is 4.23. The smallest absolute Gasteiger partial charge is 0.228 e. The number of nitriles is 1. The molecule has 1 unspecified atom stereocenters. The molecule has 1 saturated heterocycles. The standard InChI is InChI=1S/C23H30N6O2S/c1-3-25-21(30)23(9-4-10-23)16-29-20(15-32-19-7-5-17(2)6-8-19)26-27-22(29)28-11-12-31-18(13-24)14-28/h5-8,18H,3-4,9-12,14-16H2,1-2H3,(H,25,30). The highest BCUT2D eigenvalue weighted by Gasteiger charge is 2.45. The maximum atomic E-state index is 12.9. The Balaban J connectivity index is 1.61. The average Bonchev–Trinajstić information content (AvgIpc) is 3.18. The molecule has 4 rings (SSSR count). The summed E-state index contributed by atoms with van der Waals surface area (Å²) >= 11 is 1.71. The van der Waals surface area contributed by atoms with E-state index >= 15 is 0 Å². The molecular weight excluding hydrogens is 424 g/mol. The Morgan fingerprint density at radius 3 is 2.78 bits per heavy atom. The van der Waals surface area contributed by atoms with Gasteiger partial charge < -0.3 is 15.0 Å². The van der Waals surface area contributed by atoms with Gasteiger partial charge in [-0.15, -0.1) is 22.0 Å². The van der Waals surface area contributed by atoms with Crippen LogP contribution in [0.5, 0.6) is 0 Å². The lowest BCUT2D eigenvalue weighted by Gasteiger charge is -2.41. The number of ether oxygens (including phenoxy) is 1. The first-order valence-corrected chi connectivity index (χ1v) is 12.2. The topological polar surface area (TPSA) is 96.1 Å². The summed E-state index contributed by atoms with van der Waals surface area (Å²) in [5, 5.41) is 21.4. The van der Waals surface area contributed by atoms with Gasteiger partial charge in [0, 0.05) is 24.5 Å². The number of thioether (sulfide) groups is 1. The van der Waals surface area contributed by atoms with Crippen LogP contribution in [-0.2, 0) is 21.8 Å². The number of anilines is 1. The molecule has 2 aromatic rings. The van der Waals surface area contributed by atoms with E-state index < -0.39 is 11.5 Å². The molecule has 2 aliphatic rings. The molecule has 1 amide bonds. The summed E-state index contributed by atoms with van der Waals surface area (Å²) in [6.45, 7) is 6.78. The Kier molecular flexibility index (Phi) is 7.01. The van der Waals surface area contributed by atoms with Gasteiger partial charge in [0.05, 0.1) is 30.4 Å². The number of nitrogens with one attached hydrogen (secondary N) is 1. The van der Waals surface area contributed by atoms with Gasteiger partial charge in [-0.25, -0.2) is 0 Å². The second-order valence-corrected chi connectivity index (χ2v) is 9.58. The molecule has 32 heavy (non-hydrogen) atoms. The largest absolute Gasteiger partial charge is 0.360 e. The van der Waals surface area contributed by atoms with Crippen molar-refractivity contribution >= 4 is 23.6 Å². The van der Waals surface area contributed by atoms with E-state index in [1.54, 1.807) is 11.8 Å². The number of aryl methyl sites for hydroxylation is 1. The third-order valence-electron chi connectivity index (χ3n) is 6.28. The fraction of sp³-hybridized carbons (Fsp3) is 0.565. The van der Waals surface area contributed by atoms with Gasteiger partial charge in [-0.05, 0) is 38.8 Å². The molecule has 1 aliphatic heterocycles. The Hall–Kier alpha value is -2.57. The van der Waals surface area contributed by atoms with Crippen LogP contribution < -0.4 is 10.2 Å². The number of hydrogen-bond donors (Lipinski definition) is 1. The van der Waals surface area contributed by atoms with Crippen molar-refractivity contribution in [1.82, 2.24) is 20.1 Å². The minimum Gasteiger partial charge on any atom is -0.360 e. The molecule has 2 fully saturated rings. The SMILES string of the molecule is CCNC(=O)C1(Cn2c(CSc3ccc(C)cc3)nnc2N2CCOC(C#N)C2)CCC1.